The van der Waals surface area contributed by atoms with Crippen LogP contribution in [0.1, 0.15) is 64.5 Å². The third kappa shape index (κ3) is 2.39. The summed E-state index contributed by atoms with van der Waals surface area (Å²) >= 11 is 0. The fourth-order valence-electron chi connectivity index (χ4n) is 6.18. The Morgan fingerprint density at radius 2 is 1.34 bits per heavy atom. The Bertz CT molecular complexity index is 1110. The van der Waals surface area contributed by atoms with Crippen LogP contribution < -0.4 is 0 Å². The number of hydrogen-bond donors (Lipinski definition) is 0. The summed E-state index contributed by atoms with van der Waals surface area (Å²) in [6.07, 6.45) is 3.72. The molecule has 0 radical (unpaired) electrons. The van der Waals surface area contributed by atoms with Gasteiger partial charge in [0.1, 0.15) is 0 Å². The minimum absolute atomic E-state index is 0.170. The number of imide groups is 1. The summed E-state index contributed by atoms with van der Waals surface area (Å²) < 4.78 is 6.28. The molecule has 1 saturated carbocycles. The molecule has 4 aliphatic rings. The quantitative estimate of drug-likeness (QED) is 0.539. The first-order chi connectivity index (χ1) is 15.6. The van der Waals surface area contributed by atoms with Crippen LogP contribution in [0.2, 0.25) is 0 Å². The number of Topliss-reactive ketones (excluding diaryl/α,β-unsaturated/α-hetero) is 2. The second-order valence-electron chi connectivity index (χ2n) is 9.23. The monoisotopic (exact) mass is 429 g/mol. The third-order valence-corrected chi connectivity index (χ3v) is 7.62. The third-order valence-electron chi connectivity index (χ3n) is 7.62. The van der Waals surface area contributed by atoms with Crippen LogP contribution in [0, 0.1) is 11.8 Å². The fraction of sp³-hybridized carbons (Fsp3) is 0.385. The maximum absolute atomic E-state index is 13.8. The van der Waals surface area contributed by atoms with Crippen molar-refractivity contribution in [3.05, 3.63) is 71.3 Å². The Kier molecular flexibility index (Phi) is 4.24. The lowest BCUT2D eigenvalue weighted by Crippen LogP contribution is -2.52. The molecule has 0 N–H and O–H groups in total. The van der Waals surface area contributed by atoms with Gasteiger partial charge >= 0.3 is 0 Å². The Labute approximate surface area is 185 Å². The van der Waals surface area contributed by atoms with Crippen LogP contribution in [0.5, 0.6) is 0 Å². The maximum atomic E-state index is 13.8. The molecule has 2 aliphatic heterocycles. The minimum atomic E-state index is -1.97. The van der Waals surface area contributed by atoms with E-state index in [4.69, 9.17) is 4.74 Å². The van der Waals surface area contributed by atoms with Crippen LogP contribution in [0.15, 0.2) is 54.6 Å². The second kappa shape index (κ2) is 6.94. The number of carbonyl (C=O) groups excluding carboxylic acids is 4. The van der Waals surface area contributed by atoms with Crippen LogP contribution >= 0.6 is 0 Å². The van der Waals surface area contributed by atoms with Crippen molar-refractivity contribution < 1.29 is 23.9 Å². The molecule has 3 fully saturated rings. The maximum Gasteiger partial charge on any atom is 0.237 e. The number of hydrogen-bond acceptors (Lipinski definition) is 5. The highest BCUT2D eigenvalue weighted by Crippen LogP contribution is 2.57. The molecule has 2 aliphatic carbocycles. The molecule has 6 heteroatoms. The zero-order chi connectivity index (χ0) is 22.0. The van der Waals surface area contributed by atoms with E-state index in [0.29, 0.717) is 5.56 Å². The van der Waals surface area contributed by atoms with Gasteiger partial charge in [-0.05, 0) is 18.4 Å². The first-order valence-electron chi connectivity index (χ1n) is 11.3. The molecule has 3 atom stereocenters. The number of carbonyl (C=O) groups is 4. The molecule has 0 aromatic heterocycles. The number of ketones is 2. The number of ether oxygens (including phenoxy) is 1. The number of benzene rings is 2. The van der Waals surface area contributed by atoms with Gasteiger partial charge in [-0.2, -0.15) is 0 Å². The number of amides is 2. The summed E-state index contributed by atoms with van der Waals surface area (Å²) in [5.74, 6) is -3.76. The standard InChI is InChI=1S/C26H23NO5/c28-22-17-13-7-8-14-18(17)23(29)26(22)20-19(21(32-26)15-9-3-1-4-10-15)24(30)27(25(20)31)16-11-5-2-6-12-16/h1,3-4,7-10,13-14,16,19-21H,2,5-6,11-12H2/t19-,20-,21-/m0/s1. The Hall–Kier alpha value is -3.12. The smallest absolute Gasteiger partial charge is 0.237 e. The minimum Gasteiger partial charge on any atom is -0.349 e. The first-order valence-corrected chi connectivity index (χ1v) is 11.3. The molecule has 0 bridgehead atoms. The van der Waals surface area contributed by atoms with Gasteiger partial charge in [-0.1, -0.05) is 73.9 Å². The van der Waals surface area contributed by atoms with Gasteiger partial charge in [0.05, 0.1) is 17.9 Å². The zero-order valence-corrected chi connectivity index (χ0v) is 17.5. The average molecular weight is 429 g/mol. The van der Waals surface area contributed by atoms with E-state index >= 15 is 0 Å². The van der Waals surface area contributed by atoms with Crippen LogP contribution in [0.4, 0.5) is 0 Å². The van der Waals surface area contributed by atoms with Gasteiger partial charge in [0.25, 0.3) is 0 Å². The lowest BCUT2D eigenvalue weighted by molar-refractivity contribution is -0.148. The van der Waals surface area contributed by atoms with Crippen LogP contribution in [0.3, 0.4) is 0 Å². The molecule has 0 unspecified atom stereocenters. The molecule has 2 aromatic rings. The van der Waals surface area contributed by atoms with Crippen molar-refractivity contribution in [3.8, 4) is 0 Å². The van der Waals surface area contributed by atoms with Gasteiger partial charge in [-0.3, -0.25) is 24.1 Å². The summed E-state index contributed by atoms with van der Waals surface area (Å²) in [6, 6.07) is 15.5. The van der Waals surface area contributed by atoms with Crippen molar-refractivity contribution in [1.29, 1.82) is 0 Å². The van der Waals surface area contributed by atoms with Gasteiger partial charge in [0.15, 0.2) is 0 Å². The van der Waals surface area contributed by atoms with Crippen LogP contribution in [0.25, 0.3) is 0 Å². The largest absolute Gasteiger partial charge is 0.349 e. The summed E-state index contributed by atoms with van der Waals surface area (Å²) in [6.45, 7) is 0. The van der Waals surface area contributed by atoms with Crippen molar-refractivity contribution in [1.82, 2.24) is 4.90 Å². The molecule has 2 aromatic carbocycles. The SMILES string of the molecule is O=C1[C@H]2[C@@H](C(=O)N1C1CCCCC1)C1(O[C@H]2c2ccccc2)C(=O)c2ccccc2C1=O. The predicted octanol–water partition coefficient (Wildman–Crippen LogP) is 3.51. The molecule has 162 valence electrons. The normalized spacial score (nSPS) is 29.1. The first kappa shape index (κ1) is 19.6. The number of likely N-dealkylation sites (tertiary alicyclic amines) is 1. The van der Waals surface area contributed by atoms with E-state index in [1.807, 2.05) is 30.3 Å². The molecule has 6 nitrogen and oxygen atoms in total. The van der Waals surface area contributed by atoms with E-state index in [-0.39, 0.29) is 23.1 Å². The lowest BCUT2D eigenvalue weighted by Gasteiger charge is -2.33. The molecule has 2 saturated heterocycles. The highest BCUT2D eigenvalue weighted by molar-refractivity contribution is 6.35. The number of rotatable bonds is 2. The predicted molar refractivity (Wildman–Crippen MR) is 114 cm³/mol. The highest BCUT2D eigenvalue weighted by Gasteiger charge is 2.75. The molecule has 2 heterocycles. The number of fused-ring (bicyclic) bond motifs is 3. The molecule has 2 amide bonds. The van der Waals surface area contributed by atoms with Crippen molar-refractivity contribution >= 4 is 23.4 Å². The van der Waals surface area contributed by atoms with E-state index in [9.17, 15) is 19.2 Å². The van der Waals surface area contributed by atoms with Crippen molar-refractivity contribution in [2.45, 2.75) is 49.9 Å². The molecule has 1 spiro atoms. The summed E-state index contributed by atoms with van der Waals surface area (Å²) in [5, 5.41) is 0. The molecular formula is C26H23NO5. The van der Waals surface area contributed by atoms with Crippen LogP contribution in [-0.4, -0.2) is 39.9 Å². The highest BCUT2D eigenvalue weighted by atomic mass is 16.5. The van der Waals surface area contributed by atoms with Crippen LogP contribution in [-0.2, 0) is 14.3 Å². The lowest BCUT2D eigenvalue weighted by atomic mass is 9.77. The van der Waals surface area contributed by atoms with Gasteiger partial charge in [-0.15, -0.1) is 0 Å². The van der Waals surface area contributed by atoms with E-state index in [1.165, 1.54) is 4.90 Å². The van der Waals surface area contributed by atoms with E-state index in [1.54, 1.807) is 24.3 Å². The molecular weight excluding hydrogens is 406 g/mol. The molecule has 6 rings (SSSR count). The van der Waals surface area contributed by atoms with Gasteiger partial charge in [0.2, 0.25) is 29.0 Å². The number of nitrogens with zero attached hydrogens (tertiary/aromatic N) is 1. The fourth-order valence-corrected chi connectivity index (χ4v) is 6.18. The summed E-state index contributed by atoms with van der Waals surface area (Å²) in [7, 11) is 0. The Balaban J connectivity index is 1.51. The average Bonchev–Trinajstić information content (AvgIpc) is 3.40. The second-order valence-corrected chi connectivity index (χ2v) is 9.23. The van der Waals surface area contributed by atoms with Crippen molar-refractivity contribution in [2.75, 3.05) is 0 Å². The van der Waals surface area contributed by atoms with Gasteiger partial charge in [0, 0.05) is 17.2 Å². The summed E-state index contributed by atoms with van der Waals surface area (Å²) in [5.41, 5.74) is -0.740. The van der Waals surface area contributed by atoms with E-state index in [2.05, 4.69) is 0 Å². The van der Waals surface area contributed by atoms with Gasteiger partial charge in [-0.25, -0.2) is 0 Å². The summed E-state index contributed by atoms with van der Waals surface area (Å²) in [4.78, 5) is 56.2. The van der Waals surface area contributed by atoms with Crippen molar-refractivity contribution in [2.24, 2.45) is 11.8 Å². The van der Waals surface area contributed by atoms with E-state index < -0.39 is 41.0 Å². The van der Waals surface area contributed by atoms with E-state index in [0.717, 1.165) is 32.1 Å². The van der Waals surface area contributed by atoms with Crippen molar-refractivity contribution in [3.63, 3.8) is 0 Å². The molecule has 32 heavy (non-hydrogen) atoms. The van der Waals surface area contributed by atoms with Gasteiger partial charge < -0.3 is 4.74 Å². The Morgan fingerprint density at radius 3 is 1.97 bits per heavy atom. The Morgan fingerprint density at radius 1 is 0.750 bits per heavy atom. The zero-order valence-electron chi connectivity index (χ0n) is 17.5. The topological polar surface area (TPSA) is 80.8 Å².